The SMILES string of the molecule is C=C(C)[C@@H](O)CC[C@@H](C)[C@H]1CC[C@@]2(C)[C@@H]3CC[C@@H](C(=C)C)[C@@]4(CCC(=O)O)C[C@@]34CC[C@]12C. The van der Waals surface area contributed by atoms with Crippen LogP contribution in [0.4, 0.5) is 0 Å². The Morgan fingerprint density at radius 3 is 2.33 bits per heavy atom. The summed E-state index contributed by atoms with van der Waals surface area (Å²) in [6, 6.07) is 0. The summed E-state index contributed by atoms with van der Waals surface area (Å²) in [5, 5.41) is 19.8. The first-order valence-electron chi connectivity index (χ1n) is 13.6. The minimum absolute atomic E-state index is 0.180. The topological polar surface area (TPSA) is 57.5 Å². The lowest BCUT2D eigenvalue weighted by atomic mass is 9.43. The van der Waals surface area contributed by atoms with E-state index in [1.807, 2.05) is 6.92 Å². The van der Waals surface area contributed by atoms with Crippen LogP contribution in [0.3, 0.4) is 0 Å². The van der Waals surface area contributed by atoms with Crippen molar-refractivity contribution in [3.8, 4) is 0 Å². The lowest BCUT2D eigenvalue weighted by Crippen LogP contribution is -2.54. The van der Waals surface area contributed by atoms with Crippen LogP contribution < -0.4 is 0 Å². The first-order chi connectivity index (χ1) is 15.3. The number of carboxylic acid groups (broad SMARTS) is 1. The van der Waals surface area contributed by atoms with Crippen LogP contribution >= 0.6 is 0 Å². The van der Waals surface area contributed by atoms with E-state index in [0.29, 0.717) is 46.3 Å². The maximum Gasteiger partial charge on any atom is 0.303 e. The van der Waals surface area contributed by atoms with Crippen LogP contribution in [0.5, 0.6) is 0 Å². The molecular formula is C30H48O3. The van der Waals surface area contributed by atoms with Gasteiger partial charge < -0.3 is 10.2 Å². The molecule has 3 nitrogen and oxygen atoms in total. The number of allylic oxidation sites excluding steroid dienone is 1. The van der Waals surface area contributed by atoms with Crippen molar-refractivity contribution in [3.63, 3.8) is 0 Å². The molecule has 4 fully saturated rings. The molecule has 0 aliphatic heterocycles. The van der Waals surface area contributed by atoms with Gasteiger partial charge in [0.25, 0.3) is 0 Å². The second-order valence-corrected chi connectivity index (χ2v) is 13.3. The Kier molecular flexibility index (Phi) is 6.25. The third-order valence-corrected chi connectivity index (χ3v) is 12.1. The summed E-state index contributed by atoms with van der Waals surface area (Å²) in [4.78, 5) is 11.6. The molecule has 4 saturated carbocycles. The van der Waals surface area contributed by atoms with E-state index >= 15 is 0 Å². The summed E-state index contributed by atoms with van der Waals surface area (Å²) in [5.41, 5.74) is 3.36. The third kappa shape index (κ3) is 3.50. The average molecular weight is 457 g/mol. The lowest BCUT2D eigenvalue weighted by molar-refractivity contribution is -0.139. The van der Waals surface area contributed by atoms with E-state index in [-0.39, 0.29) is 11.5 Å². The van der Waals surface area contributed by atoms with Gasteiger partial charge in [-0.1, -0.05) is 45.1 Å². The summed E-state index contributed by atoms with van der Waals surface area (Å²) in [6.07, 6.45) is 11.5. The smallest absolute Gasteiger partial charge is 0.303 e. The van der Waals surface area contributed by atoms with Crippen LogP contribution in [0.1, 0.15) is 105 Å². The molecule has 0 aromatic rings. The summed E-state index contributed by atoms with van der Waals surface area (Å²) in [6.45, 7) is 20.0. The van der Waals surface area contributed by atoms with Crippen molar-refractivity contribution in [3.05, 3.63) is 24.3 Å². The van der Waals surface area contributed by atoms with Crippen molar-refractivity contribution < 1.29 is 15.0 Å². The minimum atomic E-state index is -0.646. The molecular weight excluding hydrogens is 408 g/mol. The van der Waals surface area contributed by atoms with Gasteiger partial charge in [-0.3, -0.25) is 4.79 Å². The molecule has 186 valence electrons. The predicted molar refractivity (Wildman–Crippen MR) is 135 cm³/mol. The molecule has 0 amide bonds. The molecule has 1 spiro atoms. The van der Waals surface area contributed by atoms with Crippen LogP contribution in [0.2, 0.25) is 0 Å². The highest BCUT2D eigenvalue weighted by molar-refractivity contribution is 5.67. The maximum absolute atomic E-state index is 11.6. The van der Waals surface area contributed by atoms with Crippen LogP contribution in [0, 0.1) is 45.3 Å². The van der Waals surface area contributed by atoms with E-state index < -0.39 is 5.97 Å². The van der Waals surface area contributed by atoms with E-state index in [0.717, 1.165) is 24.8 Å². The number of aliphatic carboxylic acids is 1. The Labute approximate surface area is 202 Å². The van der Waals surface area contributed by atoms with Gasteiger partial charge in [0.1, 0.15) is 0 Å². The van der Waals surface area contributed by atoms with Gasteiger partial charge in [0.15, 0.2) is 0 Å². The zero-order valence-corrected chi connectivity index (χ0v) is 21.9. The summed E-state index contributed by atoms with van der Waals surface area (Å²) in [7, 11) is 0. The monoisotopic (exact) mass is 456 g/mol. The quantitative estimate of drug-likeness (QED) is 0.355. The van der Waals surface area contributed by atoms with Crippen LogP contribution in [-0.2, 0) is 4.79 Å². The molecule has 9 atom stereocenters. The number of aliphatic hydroxyl groups excluding tert-OH is 1. The van der Waals surface area contributed by atoms with Crippen LogP contribution in [-0.4, -0.2) is 22.3 Å². The van der Waals surface area contributed by atoms with E-state index in [1.54, 1.807) is 0 Å². The van der Waals surface area contributed by atoms with Crippen molar-refractivity contribution in [2.75, 3.05) is 0 Å². The van der Waals surface area contributed by atoms with Gasteiger partial charge in [0.05, 0.1) is 6.10 Å². The van der Waals surface area contributed by atoms with Gasteiger partial charge in [0.2, 0.25) is 0 Å². The van der Waals surface area contributed by atoms with Gasteiger partial charge in [-0.2, -0.15) is 0 Å². The van der Waals surface area contributed by atoms with Crippen molar-refractivity contribution in [2.24, 2.45) is 45.3 Å². The third-order valence-electron chi connectivity index (χ3n) is 12.1. The lowest BCUT2D eigenvalue weighted by Gasteiger charge is -2.61. The van der Waals surface area contributed by atoms with E-state index in [4.69, 9.17) is 0 Å². The highest BCUT2D eigenvalue weighted by atomic mass is 16.4. The van der Waals surface area contributed by atoms with Crippen molar-refractivity contribution >= 4 is 5.97 Å². The van der Waals surface area contributed by atoms with Crippen LogP contribution in [0.25, 0.3) is 0 Å². The standard InChI is InChI=1S/C30H48O3/c1-19(2)22-9-11-25-28(7)14-12-23(21(5)8-10-24(31)20(3)4)27(28,6)16-17-30(25)18-29(22,30)15-13-26(32)33/h21-25,31H,1,3,8-18H2,2,4-7H3,(H,32,33)/t21-,22+,23-,24+,25+,27-,28+,29-,30+/m1/s1. The molecule has 4 aliphatic rings. The first kappa shape index (κ1) is 25.0. The highest BCUT2D eigenvalue weighted by Gasteiger charge is 2.80. The Bertz CT molecular complexity index is 830. The summed E-state index contributed by atoms with van der Waals surface area (Å²) < 4.78 is 0. The molecule has 2 N–H and O–H groups in total. The minimum Gasteiger partial charge on any atom is -0.481 e. The predicted octanol–water partition coefficient (Wildman–Crippen LogP) is 7.40. The molecule has 0 heterocycles. The van der Waals surface area contributed by atoms with Crippen molar-refractivity contribution in [1.82, 2.24) is 0 Å². The fourth-order valence-electron chi connectivity index (χ4n) is 10.1. The number of carboxylic acids is 1. The molecule has 0 saturated heterocycles. The molecule has 0 aromatic heterocycles. The number of fused-ring (bicyclic) bond motifs is 2. The van der Waals surface area contributed by atoms with Crippen LogP contribution in [0.15, 0.2) is 24.3 Å². The summed E-state index contributed by atoms with van der Waals surface area (Å²) in [5.74, 6) is 1.89. The van der Waals surface area contributed by atoms with Gasteiger partial charge in [0, 0.05) is 6.42 Å². The van der Waals surface area contributed by atoms with Gasteiger partial charge in [-0.05, 0) is 123 Å². The molecule has 33 heavy (non-hydrogen) atoms. The first-order valence-corrected chi connectivity index (χ1v) is 13.6. The zero-order valence-electron chi connectivity index (χ0n) is 21.9. The molecule has 0 unspecified atom stereocenters. The van der Waals surface area contributed by atoms with Gasteiger partial charge in [-0.15, -0.1) is 0 Å². The summed E-state index contributed by atoms with van der Waals surface area (Å²) >= 11 is 0. The Morgan fingerprint density at radius 1 is 1.03 bits per heavy atom. The fraction of sp³-hybridized carbons (Fsp3) is 0.833. The number of hydrogen-bond acceptors (Lipinski definition) is 2. The molecule has 3 heteroatoms. The fourth-order valence-corrected chi connectivity index (χ4v) is 10.1. The Balaban J connectivity index is 1.58. The van der Waals surface area contributed by atoms with Crippen molar-refractivity contribution in [1.29, 1.82) is 0 Å². The number of aliphatic hydroxyl groups is 1. The van der Waals surface area contributed by atoms with Gasteiger partial charge >= 0.3 is 5.97 Å². The maximum atomic E-state index is 11.6. The second kappa shape index (κ2) is 8.25. The number of carbonyl (C=O) groups is 1. The van der Waals surface area contributed by atoms with E-state index in [1.165, 1.54) is 50.5 Å². The number of hydrogen-bond donors (Lipinski definition) is 2. The molecule has 0 aromatic carbocycles. The normalized spacial score (nSPS) is 45.3. The van der Waals surface area contributed by atoms with E-state index in [9.17, 15) is 15.0 Å². The molecule has 4 aliphatic carbocycles. The van der Waals surface area contributed by atoms with Crippen molar-refractivity contribution in [2.45, 2.75) is 111 Å². The second-order valence-electron chi connectivity index (χ2n) is 13.3. The largest absolute Gasteiger partial charge is 0.481 e. The molecule has 0 radical (unpaired) electrons. The number of rotatable bonds is 9. The van der Waals surface area contributed by atoms with E-state index in [2.05, 4.69) is 40.9 Å². The highest BCUT2D eigenvalue weighted by Crippen LogP contribution is 2.87. The average Bonchev–Trinajstić information content (AvgIpc) is 3.33. The Morgan fingerprint density at radius 2 is 1.73 bits per heavy atom. The molecule has 4 rings (SSSR count). The molecule has 0 bridgehead atoms. The Hall–Kier alpha value is -1.09. The zero-order chi connectivity index (χ0) is 24.4. The van der Waals surface area contributed by atoms with Gasteiger partial charge in [-0.25, -0.2) is 0 Å².